The van der Waals surface area contributed by atoms with Crippen molar-refractivity contribution in [2.24, 2.45) is 0 Å². The summed E-state index contributed by atoms with van der Waals surface area (Å²) in [6.45, 7) is 1.31. The van der Waals surface area contributed by atoms with Gasteiger partial charge < -0.3 is 15.6 Å². The van der Waals surface area contributed by atoms with Crippen LogP contribution in [0.4, 0.5) is 5.82 Å². The summed E-state index contributed by atoms with van der Waals surface area (Å²) in [7, 11) is 0. The van der Waals surface area contributed by atoms with E-state index in [1.165, 1.54) is 12.4 Å². The Hall–Kier alpha value is -2.96. The van der Waals surface area contributed by atoms with Crippen molar-refractivity contribution in [2.75, 3.05) is 18.8 Å². The third-order valence-electron chi connectivity index (χ3n) is 4.43. The lowest BCUT2D eigenvalue weighted by atomic mass is 9.97. The number of piperidine rings is 1. The number of anilines is 1. The maximum Gasteiger partial charge on any atom is 0.276 e. The number of H-pyrrole nitrogens is 1. The molecule has 3 aromatic rings. The molecule has 3 N–H and O–H groups in total. The van der Waals surface area contributed by atoms with Gasteiger partial charge in [-0.1, -0.05) is 12.1 Å². The Morgan fingerprint density at radius 3 is 2.92 bits per heavy atom. The van der Waals surface area contributed by atoms with Crippen LogP contribution in [-0.4, -0.2) is 43.8 Å². The number of nitrogen functional groups attached to an aromatic ring is 1. The van der Waals surface area contributed by atoms with E-state index in [2.05, 4.69) is 19.9 Å². The summed E-state index contributed by atoms with van der Waals surface area (Å²) in [5.74, 6) is 1.13. The molecular formula is C17H18N6O. The molecule has 122 valence electrons. The fourth-order valence-corrected chi connectivity index (χ4v) is 3.21. The van der Waals surface area contributed by atoms with Gasteiger partial charge in [-0.3, -0.25) is 4.79 Å². The Balaban J connectivity index is 1.57. The highest BCUT2D eigenvalue weighted by Crippen LogP contribution is 2.27. The van der Waals surface area contributed by atoms with Gasteiger partial charge in [0.05, 0.1) is 11.0 Å². The van der Waals surface area contributed by atoms with E-state index in [-0.39, 0.29) is 23.3 Å². The summed E-state index contributed by atoms with van der Waals surface area (Å²) < 4.78 is 0. The molecule has 0 aliphatic carbocycles. The van der Waals surface area contributed by atoms with Crippen LogP contribution in [0.15, 0.2) is 36.7 Å². The van der Waals surface area contributed by atoms with Crippen molar-refractivity contribution >= 4 is 22.8 Å². The largest absolute Gasteiger partial charge is 0.382 e. The molecule has 4 rings (SSSR count). The van der Waals surface area contributed by atoms with Gasteiger partial charge >= 0.3 is 0 Å². The van der Waals surface area contributed by atoms with Crippen molar-refractivity contribution in [3.63, 3.8) is 0 Å². The Kier molecular flexibility index (Phi) is 3.60. The number of carbonyl (C=O) groups excluding carboxylic acids is 1. The zero-order chi connectivity index (χ0) is 16.5. The Bertz CT molecular complexity index is 856. The Morgan fingerprint density at radius 2 is 2.08 bits per heavy atom. The third kappa shape index (κ3) is 2.58. The summed E-state index contributed by atoms with van der Waals surface area (Å²) in [5, 5.41) is 0. The van der Waals surface area contributed by atoms with Crippen molar-refractivity contribution in [1.29, 1.82) is 0 Å². The second kappa shape index (κ2) is 5.92. The normalized spacial score (nSPS) is 18.0. The van der Waals surface area contributed by atoms with Crippen molar-refractivity contribution in [3.05, 3.63) is 48.2 Å². The van der Waals surface area contributed by atoms with Crippen LogP contribution in [0.3, 0.4) is 0 Å². The van der Waals surface area contributed by atoms with Gasteiger partial charge in [0.15, 0.2) is 11.5 Å². The first-order valence-corrected chi connectivity index (χ1v) is 8.03. The van der Waals surface area contributed by atoms with E-state index in [0.717, 1.165) is 29.7 Å². The monoisotopic (exact) mass is 322 g/mol. The molecule has 3 heterocycles. The maximum absolute atomic E-state index is 12.7. The zero-order valence-electron chi connectivity index (χ0n) is 13.1. The standard InChI is InChI=1S/C17H18N6O/c18-15-14(19-7-8-20-15)17(24)23-9-3-4-11(10-23)16-21-12-5-1-2-6-13(12)22-16/h1-2,5-8,11H,3-4,9-10H2,(H2,18,20)(H,21,22). The van der Waals surface area contributed by atoms with Crippen molar-refractivity contribution < 1.29 is 4.79 Å². The van der Waals surface area contributed by atoms with Crippen LogP contribution in [0.5, 0.6) is 0 Å². The number of para-hydroxylation sites is 2. The van der Waals surface area contributed by atoms with Crippen molar-refractivity contribution in [1.82, 2.24) is 24.8 Å². The average Bonchev–Trinajstić information content (AvgIpc) is 3.06. The van der Waals surface area contributed by atoms with E-state index in [0.29, 0.717) is 13.1 Å². The summed E-state index contributed by atoms with van der Waals surface area (Å²) in [6, 6.07) is 7.96. The number of hydrogen-bond donors (Lipinski definition) is 2. The molecule has 2 aromatic heterocycles. The summed E-state index contributed by atoms with van der Waals surface area (Å²) in [5.41, 5.74) is 7.99. The first-order chi connectivity index (χ1) is 11.7. The van der Waals surface area contributed by atoms with Gasteiger partial charge in [0, 0.05) is 31.4 Å². The number of nitrogens with zero attached hydrogens (tertiary/aromatic N) is 4. The van der Waals surface area contributed by atoms with Gasteiger partial charge in [0.2, 0.25) is 0 Å². The number of aromatic nitrogens is 4. The van der Waals surface area contributed by atoms with Crippen LogP contribution in [0.1, 0.15) is 35.1 Å². The van der Waals surface area contributed by atoms with Gasteiger partial charge in [-0.15, -0.1) is 0 Å². The highest BCUT2D eigenvalue weighted by Gasteiger charge is 2.29. The van der Waals surface area contributed by atoms with Gasteiger partial charge in [0.1, 0.15) is 5.82 Å². The van der Waals surface area contributed by atoms with Crippen LogP contribution < -0.4 is 5.73 Å². The molecule has 1 amide bonds. The smallest absolute Gasteiger partial charge is 0.276 e. The minimum Gasteiger partial charge on any atom is -0.382 e. The lowest BCUT2D eigenvalue weighted by molar-refractivity contribution is 0.0699. The molecule has 0 bridgehead atoms. The number of imidazole rings is 1. The van der Waals surface area contributed by atoms with Crippen LogP contribution in [-0.2, 0) is 0 Å². The molecule has 1 aliphatic heterocycles. The zero-order valence-corrected chi connectivity index (χ0v) is 13.1. The molecule has 1 aliphatic rings. The number of amides is 1. The number of aromatic amines is 1. The van der Waals surface area contributed by atoms with Gasteiger partial charge in [-0.05, 0) is 25.0 Å². The fraction of sp³-hybridized carbons (Fsp3) is 0.294. The number of likely N-dealkylation sites (tertiary alicyclic amines) is 1. The molecule has 1 aromatic carbocycles. The molecule has 0 saturated carbocycles. The molecule has 0 spiro atoms. The third-order valence-corrected chi connectivity index (χ3v) is 4.43. The highest BCUT2D eigenvalue weighted by molar-refractivity contribution is 5.96. The van der Waals surface area contributed by atoms with Crippen LogP contribution in [0.2, 0.25) is 0 Å². The number of rotatable bonds is 2. The summed E-state index contributed by atoms with van der Waals surface area (Å²) in [4.78, 5) is 30.6. The quantitative estimate of drug-likeness (QED) is 0.751. The first kappa shape index (κ1) is 14.6. The molecule has 1 saturated heterocycles. The number of carbonyl (C=O) groups is 1. The number of hydrogen-bond acceptors (Lipinski definition) is 5. The molecule has 7 nitrogen and oxygen atoms in total. The molecular weight excluding hydrogens is 304 g/mol. The predicted molar refractivity (Wildman–Crippen MR) is 90.4 cm³/mol. The van der Waals surface area contributed by atoms with Crippen LogP contribution in [0, 0.1) is 0 Å². The average molecular weight is 322 g/mol. The second-order valence-electron chi connectivity index (χ2n) is 6.02. The van der Waals surface area contributed by atoms with Gasteiger partial charge in [-0.2, -0.15) is 0 Å². The predicted octanol–water partition coefficient (Wildman–Crippen LogP) is 1.95. The lowest BCUT2D eigenvalue weighted by Crippen LogP contribution is -2.40. The van der Waals surface area contributed by atoms with Crippen LogP contribution >= 0.6 is 0 Å². The Labute approximate surface area is 138 Å². The first-order valence-electron chi connectivity index (χ1n) is 8.03. The summed E-state index contributed by atoms with van der Waals surface area (Å²) >= 11 is 0. The number of nitrogens with one attached hydrogen (secondary N) is 1. The topological polar surface area (TPSA) is 101 Å². The van der Waals surface area contributed by atoms with Crippen molar-refractivity contribution in [2.45, 2.75) is 18.8 Å². The SMILES string of the molecule is Nc1nccnc1C(=O)N1CCCC(c2nc3ccccc3[nH]2)C1. The molecule has 1 fully saturated rings. The minimum absolute atomic E-state index is 0.165. The van der Waals surface area contributed by atoms with E-state index in [4.69, 9.17) is 5.73 Å². The maximum atomic E-state index is 12.7. The van der Waals surface area contributed by atoms with Gasteiger partial charge in [0.25, 0.3) is 5.91 Å². The molecule has 1 unspecified atom stereocenters. The minimum atomic E-state index is -0.165. The fourth-order valence-electron chi connectivity index (χ4n) is 3.21. The highest BCUT2D eigenvalue weighted by atomic mass is 16.2. The van der Waals surface area contributed by atoms with E-state index < -0.39 is 0 Å². The molecule has 24 heavy (non-hydrogen) atoms. The number of nitrogens with two attached hydrogens (primary N) is 1. The molecule has 1 atom stereocenters. The molecule has 7 heteroatoms. The summed E-state index contributed by atoms with van der Waals surface area (Å²) in [6.07, 6.45) is 4.90. The van der Waals surface area contributed by atoms with E-state index >= 15 is 0 Å². The van der Waals surface area contributed by atoms with Gasteiger partial charge in [-0.25, -0.2) is 15.0 Å². The van der Waals surface area contributed by atoms with E-state index in [1.54, 1.807) is 4.90 Å². The van der Waals surface area contributed by atoms with Crippen LogP contribution in [0.25, 0.3) is 11.0 Å². The van der Waals surface area contributed by atoms with E-state index in [1.807, 2.05) is 24.3 Å². The number of fused-ring (bicyclic) bond motifs is 1. The van der Waals surface area contributed by atoms with Crippen molar-refractivity contribution in [3.8, 4) is 0 Å². The molecule has 0 radical (unpaired) electrons. The van der Waals surface area contributed by atoms with E-state index in [9.17, 15) is 4.79 Å². The lowest BCUT2D eigenvalue weighted by Gasteiger charge is -2.31. The second-order valence-corrected chi connectivity index (χ2v) is 6.02. The Morgan fingerprint density at radius 1 is 1.25 bits per heavy atom. The number of benzene rings is 1.